The second kappa shape index (κ2) is 11.8. The Bertz CT molecular complexity index is 2010. The molecule has 0 radical (unpaired) electrons. The van der Waals surface area contributed by atoms with Gasteiger partial charge in [-0.05, 0) is 0 Å². The Balaban J connectivity index is 1.39. The van der Waals surface area contributed by atoms with E-state index in [9.17, 15) is 0 Å². The summed E-state index contributed by atoms with van der Waals surface area (Å²) in [6.45, 7) is 23.3. The van der Waals surface area contributed by atoms with Crippen molar-refractivity contribution in [2.24, 2.45) is 0 Å². The van der Waals surface area contributed by atoms with Gasteiger partial charge in [-0.15, -0.1) is 0 Å². The average molecular weight is 802 g/mol. The molecule has 0 amide bonds. The molecule has 242 valence electrons. The predicted octanol–water partition coefficient (Wildman–Crippen LogP) is 12.3. The summed E-state index contributed by atoms with van der Waals surface area (Å²) < 4.78 is 7.79. The van der Waals surface area contributed by atoms with Gasteiger partial charge in [0.2, 0.25) is 0 Å². The van der Waals surface area contributed by atoms with E-state index in [2.05, 4.69) is 127 Å². The second-order valence-corrected chi connectivity index (χ2v) is 36.2. The van der Waals surface area contributed by atoms with E-state index in [0.717, 1.165) is 3.67 Å². The van der Waals surface area contributed by atoms with E-state index in [1.165, 1.54) is 100 Å². The number of benzene rings is 4. The van der Waals surface area contributed by atoms with Gasteiger partial charge in [0.1, 0.15) is 0 Å². The molecule has 7 rings (SSSR count). The van der Waals surface area contributed by atoms with Gasteiger partial charge in [-0.25, -0.2) is 0 Å². The van der Waals surface area contributed by atoms with Gasteiger partial charge in [-0.3, -0.25) is 0 Å². The molecule has 0 bridgehead atoms. The van der Waals surface area contributed by atoms with Crippen LogP contribution in [0.4, 0.5) is 0 Å². The fourth-order valence-corrected chi connectivity index (χ4v) is 30.7. The van der Waals surface area contributed by atoms with E-state index >= 15 is 0 Å². The van der Waals surface area contributed by atoms with Gasteiger partial charge in [0.15, 0.2) is 0 Å². The molecular weight excluding hydrogens is 747 g/mol. The van der Waals surface area contributed by atoms with Crippen LogP contribution in [-0.2, 0) is 20.0 Å². The van der Waals surface area contributed by atoms with Gasteiger partial charge in [-0.1, -0.05) is 0 Å². The molecular formula is C45H54HfSi. The molecule has 0 aromatic heterocycles. The molecule has 2 aliphatic carbocycles. The van der Waals surface area contributed by atoms with E-state index < -0.39 is 29.5 Å². The standard InChI is InChI=1S/C43H48Si.2CH3.Hf/c1-12-15-36-35-17-14-19-38(43-31(10)27(6)24(3)28(7)32(43)11)40(35)22-41(36)44-34-20-33-16-13-18-37(39(33)21-34)42-29(8)25(4)23(2)26(5)30(42)9;;;/h13-14,16-22,36H,1,12,15,44H2,2-11H3;2*1H3;. The van der Waals surface area contributed by atoms with Crippen molar-refractivity contribution in [1.29, 1.82) is 0 Å². The van der Waals surface area contributed by atoms with Crippen LogP contribution in [0.2, 0.25) is 13.5 Å². The Hall–Kier alpha value is -2.55. The van der Waals surface area contributed by atoms with Gasteiger partial charge in [0, 0.05) is 0 Å². The molecule has 0 N–H and O–H groups in total. The van der Waals surface area contributed by atoms with Gasteiger partial charge < -0.3 is 0 Å². The molecule has 4 aromatic carbocycles. The van der Waals surface area contributed by atoms with Crippen LogP contribution < -0.4 is 0 Å². The van der Waals surface area contributed by atoms with E-state index in [1.807, 2.05) is 5.20 Å². The van der Waals surface area contributed by atoms with Crippen molar-refractivity contribution in [3.05, 3.63) is 125 Å². The van der Waals surface area contributed by atoms with E-state index in [1.54, 1.807) is 21.9 Å². The molecule has 1 heterocycles. The van der Waals surface area contributed by atoms with E-state index in [0.29, 0.717) is 5.92 Å². The summed E-state index contributed by atoms with van der Waals surface area (Å²) >= 11 is -2.65. The Kier molecular flexibility index (Phi) is 8.28. The number of hydrogen-bond donors (Lipinski definition) is 0. The topological polar surface area (TPSA) is 0 Å². The zero-order valence-corrected chi connectivity index (χ0v) is 36.1. The molecule has 4 aromatic rings. The van der Waals surface area contributed by atoms with Crippen molar-refractivity contribution < 1.29 is 20.0 Å². The number of fused-ring (bicyclic) bond motifs is 6. The monoisotopic (exact) mass is 802 g/mol. The van der Waals surface area contributed by atoms with Crippen LogP contribution in [0.1, 0.15) is 100 Å². The Morgan fingerprint density at radius 1 is 0.532 bits per heavy atom. The molecule has 0 nitrogen and oxygen atoms in total. The first-order valence-corrected chi connectivity index (χ1v) is 31.3. The SMILES string of the molecule is Cc1c(C)c(C)c(-c2cccc3c2C=C2[SiH2]C4=Cc5c(-c6c(C)c(C)c(C)c(C)c6C)cccc5[CH]4[Hf]([CH3])([CH3])[CH2]CCC23)c(C)c1C. The van der Waals surface area contributed by atoms with Crippen molar-refractivity contribution in [3.63, 3.8) is 0 Å². The summed E-state index contributed by atoms with van der Waals surface area (Å²) in [6.07, 6.45) is 8.17. The van der Waals surface area contributed by atoms with Crippen LogP contribution in [0, 0.1) is 69.2 Å². The number of hydrogen-bond acceptors (Lipinski definition) is 0. The normalized spacial score (nSPS) is 20.1. The maximum absolute atomic E-state index is 2.79. The Labute approximate surface area is 292 Å². The minimum atomic E-state index is -2.65. The van der Waals surface area contributed by atoms with Crippen molar-refractivity contribution in [2.75, 3.05) is 0 Å². The first kappa shape index (κ1) is 33.0. The fraction of sp³-hybridized carbons (Fsp3) is 0.378. The van der Waals surface area contributed by atoms with Gasteiger partial charge in [0.25, 0.3) is 0 Å². The molecule has 1 aliphatic heterocycles. The zero-order valence-electron chi connectivity index (χ0n) is 31.1. The summed E-state index contributed by atoms with van der Waals surface area (Å²) in [7, 11) is -0.606. The van der Waals surface area contributed by atoms with Gasteiger partial charge in [0.05, 0.1) is 0 Å². The van der Waals surface area contributed by atoms with Crippen LogP contribution >= 0.6 is 0 Å². The van der Waals surface area contributed by atoms with Crippen LogP contribution in [-0.4, -0.2) is 9.52 Å². The first-order chi connectivity index (χ1) is 22.2. The van der Waals surface area contributed by atoms with Crippen molar-refractivity contribution >= 4 is 21.7 Å². The summed E-state index contributed by atoms with van der Waals surface area (Å²) in [6, 6.07) is 14.6. The average Bonchev–Trinajstić information content (AvgIpc) is 3.60. The Morgan fingerprint density at radius 3 is 1.47 bits per heavy atom. The third-order valence-corrected chi connectivity index (χ3v) is 31.0. The Morgan fingerprint density at radius 2 is 0.957 bits per heavy atom. The third kappa shape index (κ3) is 4.98. The van der Waals surface area contributed by atoms with E-state index in [4.69, 9.17) is 0 Å². The molecule has 1 fully saturated rings. The van der Waals surface area contributed by atoms with Crippen LogP contribution in [0.15, 0.2) is 46.8 Å². The molecule has 2 unspecified atom stereocenters. The van der Waals surface area contributed by atoms with Gasteiger partial charge >= 0.3 is 294 Å². The minimum absolute atomic E-state index is 0.601. The quantitative estimate of drug-likeness (QED) is 0.177. The molecule has 0 spiro atoms. The summed E-state index contributed by atoms with van der Waals surface area (Å²) in [5.74, 6) is 0.601. The second-order valence-electron chi connectivity index (χ2n) is 16.1. The molecule has 0 saturated carbocycles. The summed E-state index contributed by atoms with van der Waals surface area (Å²) in [5.41, 5.74) is 26.9. The fourth-order valence-electron chi connectivity index (χ4n) is 9.98. The van der Waals surface area contributed by atoms with Crippen LogP contribution in [0.3, 0.4) is 0 Å². The van der Waals surface area contributed by atoms with Crippen molar-refractivity contribution in [2.45, 2.75) is 105 Å². The van der Waals surface area contributed by atoms with Crippen LogP contribution in [0.25, 0.3) is 34.4 Å². The van der Waals surface area contributed by atoms with Gasteiger partial charge in [-0.2, -0.15) is 0 Å². The summed E-state index contributed by atoms with van der Waals surface area (Å²) in [4.78, 5) is 0. The zero-order chi connectivity index (χ0) is 33.7. The molecule has 2 atom stereocenters. The molecule has 1 saturated heterocycles. The van der Waals surface area contributed by atoms with Crippen molar-refractivity contribution in [1.82, 2.24) is 0 Å². The van der Waals surface area contributed by atoms with E-state index in [-0.39, 0.29) is 0 Å². The summed E-state index contributed by atoms with van der Waals surface area (Å²) in [5, 5.41) is 3.66. The molecule has 47 heavy (non-hydrogen) atoms. The maximum atomic E-state index is 2.79. The third-order valence-electron chi connectivity index (χ3n) is 13.5. The first-order valence-electron chi connectivity index (χ1n) is 18.1. The molecule has 2 heteroatoms. The van der Waals surface area contributed by atoms with Crippen molar-refractivity contribution in [3.8, 4) is 22.3 Å². The number of allylic oxidation sites excluding steroid dienone is 2. The predicted molar refractivity (Wildman–Crippen MR) is 207 cm³/mol. The molecule has 3 aliphatic rings. The number of rotatable bonds is 2. The van der Waals surface area contributed by atoms with Crippen LogP contribution in [0.5, 0.6) is 0 Å².